The fourth-order valence-electron chi connectivity index (χ4n) is 3.40. The number of nitrogens with zero attached hydrogens (tertiary/aromatic N) is 1. The average molecular weight is 405 g/mol. The van der Waals surface area contributed by atoms with Crippen LogP contribution in [-0.4, -0.2) is 42.3 Å². The zero-order valence-corrected chi connectivity index (χ0v) is 16.6. The number of likely N-dealkylation sites (tertiary alicyclic amines) is 1. The van der Waals surface area contributed by atoms with Crippen LogP contribution in [0.2, 0.25) is 0 Å². The Balaban J connectivity index is 0.00000280. The maximum atomic E-state index is 12.9. The van der Waals surface area contributed by atoms with Gasteiger partial charge in [-0.25, -0.2) is 4.39 Å². The van der Waals surface area contributed by atoms with Crippen LogP contribution in [0.5, 0.6) is 0 Å². The van der Waals surface area contributed by atoms with Crippen molar-refractivity contribution in [2.75, 3.05) is 19.6 Å². The second kappa shape index (κ2) is 10.9. The van der Waals surface area contributed by atoms with Crippen molar-refractivity contribution in [2.24, 2.45) is 0 Å². The Morgan fingerprint density at radius 2 is 1.61 bits per heavy atom. The summed E-state index contributed by atoms with van der Waals surface area (Å²) in [7, 11) is 0. The number of hydrogen-bond donors (Lipinski definition) is 1. The van der Waals surface area contributed by atoms with Gasteiger partial charge in [0, 0.05) is 36.7 Å². The van der Waals surface area contributed by atoms with Gasteiger partial charge in [-0.3, -0.25) is 9.59 Å². The zero-order valence-electron chi connectivity index (χ0n) is 15.8. The first-order valence-corrected chi connectivity index (χ1v) is 9.49. The molecule has 0 atom stereocenters. The number of hydrogen-bond acceptors (Lipinski definition) is 3. The fraction of sp³-hybridized carbons (Fsp3) is 0.364. The summed E-state index contributed by atoms with van der Waals surface area (Å²) < 4.78 is 12.9. The lowest BCUT2D eigenvalue weighted by molar-refractivity contribution is 0.0903. The van der Waals surface area contributed by atoms with Crippen molar-refractivity contribution in [2.45, 2.75) is 31.7 Å². The standard InChI is InChI=1S/C22H25FN2O2.ClH/c23-19-10-8-17(9-11-19)21(26)7-4-14-25-15-12-20(13-16-25)24-22(27)18-5-2-1-3-6-18;/h1-3,5-6,8-11,20H,4,7,12-16H2,(H,24,27);1H. The van der Waals surface area contributed by atoms with Crippen molar-refractivity contribution >= 4 is 24.1 Å². The third-order valence-corrected chi connectivity index (χ3v) is 5.00. The van der Waals surface area contributed by atoms with E-state index >= 15 is 0 Å². The molecule has 1 aliphatic heterocycles. The third-order valence-electron chi connectivity index (χ3n) is 5.00. The molecular formula is C22H26ClFN2O2. The molecular weight excluding hydrogens is 379 g/mol. The Hall–Kier alpha value is -2.24. The van der Waals surface area contributed by atoms with Gasteiger partial charge >= 0.3 is 0 Å². The minimum atomic E-state index is -0.325. The van der Waals surface area contributed by atoms with Gasteiger partial charge in [0.2, 0.25) is 0 Å². The van der Waals surface area contributed by atoms with Crippen LogP contribution in [0, 0.1) is 5.82 Å². The summed E-state index contributed by atoms with van der Waals surface area (Å²) in [6.45, 7) is 2.71. The molecule has 0 bridgehead atoms. The molecule has 0 aliphatic carbocycles. The van der Waals surface area contributed by atoms with Gasteiger partial charge in [-0.1, -0.05) is 18.2 Å². The van der Waals surface area contributed by atoms with Crippen LogP contribution in [0.4, 0.5) is 4.39 Å². The number of halogens is 2. The van der Waals surface area contributed by atoms with Gasteiger partial charge in [-0.15, -0.1) is 12.4 Å². The van der Waals surface area contributed by atoms with Gasteiger partial charge in [0.15, 0.2) is 5.78 Å². The summed E-state index contributed by atoms with van der Waals surface area (Å²) in [6, 6.07) is 15.2. The Kier molecular flexibility index (Phi) is 8.61. The summed E-state index contributed by atoms with van der Waals surface area (Å²) in [5.41, 5.74) is 1.26. The van der Waals surface area contributed by atoms with Gasteiger partial charge in [-0.05, 0) is 62.2 Å². The van der Waals surface area contributed by atoms with E-state index in [0.29, 0.717) is 17.5 Å². The summed E-state index contributed by atoms with van der Waals surface area (Å²) in [5.74, 6) is -0.285. The van der Waals surface area contributed by atoms with E-state index in [1.165, 1.54) is 12.1 Å². The van der Waals surface area contributed by atoms with E-state index in [-0.39, 0.29) is 36.0 Å². The van der Waals surface area contributed by atoms with Crippen LogP contribution >= 0.6 is 12.4 Å². The molecule has 1 aliphatic rings. The largest absolute Gasteiger partial charge is 0.349 e. The first-order valence-electron chi connectivity index (χ1n) is 9.49. The van der Waals surface area contributed by atoms with Gasteiger partial charge < -0.3 is 10.2 Å². The number of nitrogens with one attached hydrogen (secondary N) is 1. The molecule has 0 saturated carbocycles. The van der Waals surface area contributed by atoms with Gasteiger partial charge in [0.05, 0.1) is 0 Å². The van der Waals surface area contributed by atoms with Gasteiger partial charge in [0.1, 0.15) is 5.82 Å². The highest BCUT2D eigenvalue weighted by Gasteiger charge is 2.21. The molecule has 1 saturated heterocycles. The number of ketones is 1. The minimum Gasteiger partial charge on any atom is -0.349 e. The number of amides is 1. The van der Waals surface area contributed by atoms with E-state index < -0.39 is 0 Å². The van der Waals surface area contributed by atoms with Crippen LogP contribution in [0.1, 0.15) is 46.4 Å². The Bertz CT molecular complexity index is 760. The molecule has 0 aromatic heterocycles. The van der Waals surface area contributed by atoms with Crippen LogP contribution in [0.25, 0.3) is 0 Å². The smallest absolute Gasteiger partial charge is 0.251 e. The number of piperidine rings is 1. The lowest BCUT2D eigenvalue weighted by Crippen LogP contribution is -2.44. The van der Waals surface area contributed by atoms with Crippen LogP contribution < -0.4 is 5.32 Å². The van der Waals surface area contributed by atoms with Gasteiger partial charge in [-0.2, -0.15) is 0 Å². The molecule has 1 amide bonds. The van der Waals surface area contributed by atoms with E-state index in [2.05, 4.69) is 10.2 Å². The number of benzene rings is 2. The highest BCUT2D eigenvalue weighted by Crippen LogP contribution is 2.13. The summed E-state index contributed by atoms with van der Waals surface area (Å²) in [4.78, 5) is 26.7. The molecule has 4 nitrogen and oxygen atoms in total. The quantitative estimate of drug-likeness (QED) is 0.706. The van der Waals surface area contributed by atoms with E-state index in [1.807, 2.05) is 30.3 Å². The lowest BCUT2D eigenvalue weighted by Gasteiger charge is -2.32. The fourth-order valence-corrected chi connectivity index (χ4v) is 3.40. The van der Waals surface area contributed by atoms with Gasteiger partial charge in [0.25, 0.3) is 5.91 Å². The molecule has 1 heterocycles. The average Bonchev–Trinajstić information content (AvgIpc) is 2.70. The second-order valence-electron chi connectivity index (χ2n) is 6.99. The lowest BCUT2D eigenvalue weighted by atomic mass is 10.0. The van der Waals surface area contributed by atoms with Crippen molar-refractivity contribution in [3.05, 3.63) is 71.5 Å². The highest BCUT2D eigenvalue weighted by atomic mass is 35.5. The molecule has 2 aromatic rings. The van der Waals surface area contributed by atoms with Crippen molar-refractivity contribution < 1.29 is 14.0 Å². The first-order chi connectivity index (χ1) is 13.1. The number of carbonyl (C=O) groups excluding carboxylic acids is 2. The van der Waals surface area contributed by atoms with Crippen molar-refractivity contribution in [3.63, 3.8) is 0 Å². The van der Waals surface area contributed by atoms with E-state index in [4.69, 9.17) is 0 Å². The maximum absolute atomic E-state index is 12.9. The first kappa shape index (κ1) is 22.1. The van der Waals surface area contributed by atoms with E-state index in [1.54, 1.807) is 12.1 Å². The Labute approximate surface area is 171 Å². The van der Waals surface area contributed by atoms with Crippen molar-refractivity contribution in [1.29, 1.82) is 0 Å². The molecule has 0 radical (unpaired) electrons. The molecule has 0 spiro atoms. The van der Waals surface area contributed by atoms with Crippen molar-refractivity contribution in [3.8, 4) is 0 Å². The highest BCUT2D eigenvalue weighted by molar-refractivity contribution is 5.96. The molecule has 3 rings (SSSR count). The summed E-state index contributed by atoms with van der Waals surface area (Å²) in [5, 5.41) is 3.11. The monoisotopic (exact) mass is 404 g/mol. The predicted molar refractivity (Wildman–Crippen MR) is 111 cm³/mol. The molecule has 2 aromatic carbocycles. The zero-order chi connectivity index (χ0) is 19.1. The third kappa shape index (κ3) is 6.43. The topological polar surface area (TPSA) is 49.4 Å². The minimum absolute atomic E-state index is 0. The Morgan fingerprint density at radius 3 is 2.25 bits per heavy atom. The van der Waals surface area contributed by atoms with E-state index in [9.17, 15) is 14.0 Å². The SMILES string of the molecule is Cl.O=C(CCCN1CCC(NC(=O)c2ccccc2)CC1)c1ccc(F)cc1. The molecule has 150 valence electrons. The summed E-state index contributed by atoms with van der Waals surface area (Å²) in [6.07, 6.45) is 3.10. The second-order valence-corrected chi connectivity index (χ2v) is 6.99. The Morgan fingerprint density at radius 1 is 0.964 bits per heavy atom. The van der Waals surface area contributed by atoms with Crippen LogP contribution in [-0.2, 0) is 0 Å². The molecule has 1 N–H and O–H groups in total. The van der Waals surface area contributed by atoms with Crippen LogP contribution in [0.3, 0.4) is 0 Å². The molecule has 1 fully saturated rings. The number of Topliss-reactive ketones (excluding diaryl/α,β-unsaturated/α-hetero) is 1. The number of rotatable bonds is 7. The maximum Gasteiger partial charge on any atom is 0.251 e. The van der Waals surface area contributed by atoms with Crippen molar-refractivity contribution in [1.82, 2.24) is 10.2 Å². The van der Waals surface area contributed by atoms with E-state index in [0.717, 1.165) is 38.9 Å². The summed E-state index contributed by atoms with van der Waals surface area (Å²) >= 11 is 0. The number of carbonyl (C=O) groups is 2. The predicted octanol–water partition coefficient (Wildman–Crippen LogP) is 4.10. The van der Waals surface area contributed by atoms with Crippen LogP contribution in [0.15, 0.2) is 54.6 Å². The molecule has 28 heavy (non-hydrogen) atoms. The molecule has 6 heteroatoms. The normalized spacial score (nSPS) is 14.9. The molecule has 0 unspecified atom stereocenters.